The lowest BCUT2D eigenvalue weighted by Crippen LogP contribution is -2.24. The molecule has 7 nitrogen and oxygen atoms in total. The quantitative estimate of drug-likeness (QED) is 0.788. The zero-order chi connectivity index (χ0) is 19.4. The summed E-state index contributed by atoms with van der Waals surface area (Å²) in [6.45, 7) is 3.47. The number of esters is 1. The Balaban J connectivity index is 1.76. The highest BCUT2D eigenvalue weighted by Gasteiger charge is 2.26. The molecule has 0 aromatic carbocycles. The van der Waals surface area contributed by atoms with Crippen molar-refractivity contribution in [1.29, 1.82) is 5.26 Å². The van der Waals surface area contributed by atoms with E-state index in [0.717, 1.165) is 36.9 Å². The number of hydrogen-bond donors (Lipinski definition) is 2. The molecular formula is C20H24N4O3. The number of carbonyl (C=O) groups is 2. The van der Waals surface area contributed by atoms with E-state index >= 15 is 0 Å². The molecule has 2 aromatic heterocycles. The Labute approximate surface area is 158 Å². The minimum atomic E-state index is -0.592. The first-order chi connectivity index (χ1) is 13.0. The van der Waals surface area contributed by atoms with E-state index < -0.39 is 18.5 Å². The number of nitriles is 1. The molecule has 0 spiro atoms. The fourth-order valence-corrected chi connectivity index (χ4v) is 3.72. The van der Waals surface area contributed by atoms with Crippen LogP contribution in [-0.2, 0) is 9.53 Å². The van der Waals surface area contributed by atoms with Crippen molar-refractivity contribution in [2.75, 3.05) is 11.9 Å². The van der Waals surface area contributed by atoms with Gasteiger partial charge < -0.3 is 19.6 Å². The summed E-state index contributed by atoms with van der Waals surface area (Å²) in [6.07, 6.45) is 7.18. The second-order valence-electron chi connectivity index (χ2n) is 6.92. The van der Waals surface area contributed by atoms with Crippen molar-refractivity contribution in [3.05, 3.63) is 40.8 Å². The molecule has 1 amide bonds. The average Bonchev–Trinajstić information content (AvgIpc) is 3.29. The zero-order valence-electron chi connectivity index (χ0n) is 15.7. The molecule has 0 radical (unpaired) electrons. The van der Waals surface area contributed by atoms with Crippen molar-refractivity contribution in [1.82, 2.24) is 9.55 Å². The van der Waals surface area contributed by atoms with Crippen LogP contribution in [0, 0.1) is 25.2 Å². The summed E-state index contributed by atoms with van der Waals surface area (Å²) < 4.78 is 7.12. The number of amides is 1. The molecule has 0 atom stereocenters. The summed E-state index contributed by atoms with van der Waals surface area (Å²) in [5.74, 6) is -0.535. The summed E-state index contributed by atoms with van der Waals surface area (Å²) in [4.78, 5) is 27.0. The van der Waals surface area contributed by atoms with Gasteiger partial charge in [-0.1, -0.05) is 19.3 Å². The number of aromatic amines is 1. The van der Waals surface area contributed by atoms with Gasteiger partial charge in [0.15, 0.2) is 6.61 Å². The summed E-state index contributed by atoms with van der Waals surface area (Å²) in [5, 5.41) is 12.4. The molecular weight excluding hydrogens is 344 g/mol. The third-order valence-electron chi connectivity index (χ3n) is 5.22. The number of nitrogens with one attached hydrogen (secondary N) is 2. The topological polar surface area (TPSA) is 99.9 Å². The molecule has 1 fully saturated rings. The molecule has 0 saturated heterocycles. The number of carbonyl (C=O) groups excluding carboxylic acids is 2. The SMILES string of the molecule is Cc1c(C#N)c(NC(=O)COC(=O)c2ccc[nH]2)n(C2CCCCC2)c1C. The Bertz CT molecular complexity index is 868. The lowest BCUT2D eigenvalue weighted by Gasteiger charge is -2.27. The molecule has 2 heterocycles. The molecule has 142 valence electrons. The van der Waals surface area contributed by atoms with Crippen molar-refractivity contribution in [3.63, 3.8) is 0 Å². The van der Waals surface area contributed by atoms with Crippen LogP contribution in [-0.4, -0.2) is 28.0 Å². The van der Waals surface area contributed by atoms with E-state index in [1.807, 2.05) is 13.8 Å². The van der Waals surface area contributed by atoms with Crippen molar-refractivity contribution in [2.24, 2.45) is 0 Å². The Morgan fingerprint density at radius 1 is 1.33 bits per heavy atom. The van der Waals surface area contributed by atoms with Crippen LogP contribution < -0.4 is 5.32 Å². The molecule has 1 aliphatic rings. The van der Waals surface area contributed by atoms with Crippen LogP contribution in [0.2, 0.25) is 0 Å². The van der Waals surface area contributed by atoms with Gasteiger partial charge >= 0.3 is 5.97 Å². The van der Waals surface area contributed by atoms with Crippen LogP contribution in [0.15, 0.2) is 18.3 Å². The number of ether oxygens (including phenoxy) is 1. The maximum absolute atomic E-state index is 12.4. The lowest BCUT2D eigenvalue weighted by molar-refractivity contribution is -0.119. The molecule has 0 aliphatic heterocycles. The smallest absolute Gasteiger partial charge is 0.355 e. The number of anilines is 1. The van der Waals surface area contributed by atoms with E-state index in [2.05, 4.69) is 20.9 Å². The van der Waals surface area contributed by atoms with Gasteiger partial charge in [-0.2, -0.15) is 5.26 Å². The van der Waals surface area contributed by atoms with Crippen LogP contribution in [0.4, 0.5) is 5.82 Å². The van der Waals surface area contributed by atoms with E-state index in [1.54, 1.807) is 18.3 Å². The lowest BCUT2D eigenvalue weighted by atomic mass is 9.95. The van der Waals surface area contributed by atoms with Crippen LogP contribution in [0.1, 0.15) is 65.5 Å². The van der Waals surface area contributed by atoms with Gasteiger partial charge in [0.2, 0.25) is 0 Å². The van der Waals surface area contributed by atoms with Crippen LogP contribution in [0.5, 0.6) is 0 Å². The van der Waals surface area contributed by atoms with Crippen LogP contribution >= 0.6 is 0 Å². The van der Waals surface area contributed by atoms with E-state index in [-0.39, 0.29) is 11.7 Å². The minimum absolute atomic E-state index is 0.274. The van der Waals surface area contributed by atoms with Crippen molar-refractivity contribution >= 4 is 17.7 Å². The highest BCUT2D eigenvalue weighted by molar-refractivity contribution is 5.95. The maximum Gasteiger partial charge on any atom is 0.355 e. The molecule has 27 heavy (non-hydrogen) atoms. The molecule has 0 unspecified atom stereocenters. The van der Waals surface area contributed by atoms with Gasteiger partial charge in [0.05, 0.1) is 5.56 Å². The van der Waals surface area contributed by atoms with E-state index in [1.165, 1.54) is 6.42 Å². The minimum Gasteiger partial charge on any atom is -0.451 e. The van der Waals surface area contributed by atoms with E-state index in [9.17, 15) is 14.9 Å². The molecule has 7 heteroatoms. The maximum atomic E-state index is 12.4. The van der Waals surface area contributed by atoms with E-state index in [0.29, 0.717) is 11.4 Å². The molecule has 3 rings (SSSR count). The summed E-state index contributed by atoms with van der Waals surface area (Å²) in [5.41, 5.74) is 2.64. The molecule has 0 bridgehead atoms. The van der Waals surface area contributed by atoms with Gasteiger partial charge in [-0.25, -0.2) is 4.79 Å². The van der Waals surface area contributed by atoms with Crippen molar-refractivity contribution < 1.29 is 14.3 Å². The van der Waals surface area contributed by atoms with Crippen LogP contribution in [0.25, 0.3) is 0 Å². The Hall–Kier alpha value is -3.01. The van der Waals surface area contributed by atoms with Gasteiger partial charge in [0.1, 0.15) is 17.6 Å². The Morgan fingerprint density at radius 2 is 2.07 bits per heavy atom. The molecule has 1 saturated carbocycles. The normalized spacial score (nSPS) is 14.6. The fourth-order valence-electron chi connectivity index (χ4n) is 3.72. The monoisotopic (exact) mass is 368 g/mol. The van der Waals surface area contributed by atoms with Gasteiger partial charge in [-0.15, -0.1) is 0 Å². The third kappa shape index (κ3) is 3.90. The van der Waals surface area contributed by atoms with Gasteiger partial charge in [-0.05, 0) is 44.4 Å². The van der Waals surface area contributed by atoms with Crippen molar-refractivity contribution in [3.8, 4) is 6.07 Å². The van der Waals surface area contributed by atoms with E-state index in [4.69, 9.17) is 4.74 Å². The molecule has 2 N–H and O–H groups in total. The number of rotatable bonds is 5. The van der Waals surface area contributed by atoms with Gasteiger partial charge in [0.25, 0.3) is 5.91 Å². The summed E-state index contributed by atoms with van der Waals surface area (Å²) >= 11 is 0. The molecule has 1 aliphatic carbocycles. The highest BCUT2D eigenvalue weighted by atomic mass is 16.5. The first kappa shape index (κ1) is 18.8. The average molecular weight is 368 g/mol. The number of H-pyrrole nitrogens is 1. The number of nitrogens with zero attached hydrogens (tertiary/aromatic N) is 2. The first-order valence-electron chi connectivity index (χ1n) is 9.24. The summed E-state index contributed by atoms with van der Waals surface area (Å²) in [7, 11) is 0. The zero-order valence-corrected chi connectivity index (χ0v) is 15.7. The third-order valence-corrected chi connectivity index (χ3v) is 5.22. The van der Waals surface area contributed by atoms with Gasteiger partial charge in [0, 0.05) is 17.9 Å². The van der Waals surface area contributed by atoms with Gasteiger partial charge in [-0.3, -0.25) is 4.79 Å². The Morgan fingerprint density at radius 3 is 2.70 bits per heavy atom. The highest BCUT2D eigenvalue weighted by Crippen LogP contribution is 2.36. The number of hydrogen-bond acceptors (Lipinski definition) is 4. The molecule has 2 aromatic rings. The van der Waals surface area contributed by atoms with Crippen molar-refractivity contribution in [2.45, 2.75) is 52.0 Å². The second-order valence-corrected chi connectivity index (χ2v) is 6.92. The predicted octanol–water partition coefficient (Wildman–Crippen LogP) is 3.61. The summed E-state index contributed by atoms with van der Waals surface area (Å²) in [6, 6.07) is 5.74. The number of aromatic nitrogens is 2. The Kier molecular flexibility index (Phi) is 5.65. The second kappa shape index (κ2) is 8.12. The largest absolute Gasteiger partial charge is 0.451 e. The van der Waals surface area contributed by atoms with Crippen LogP contribution in [0.3, 0.4) is 0 Å². The predicted molar refractivity (Wildman–Crippen MR) is 100 cm³/mol. The standard InChI is InChI=1S/C20H24N4O3/c1-13-14(2)24(15-7-4-3-5-8-15)19(16(13)11-21)23-18(25)12-27-20(26)17-9-6-10-22-17/h6,9-10,15,22H,3-5,7-8,12H2,1-2H3,(H,23,25). The fraction of sp³-hybridized carbons (Fsp3) is 0.450. The first-order valence-corrected chi connectivity index (χ1v) is 9.24.